The van der Waals surface area contributed by atoms with Crippen molar-refractivity contribution in [3.8, 4) is 0 Å². The van der Waals surface area contributed by atoms with Crippen molar-refractivity contribution in [2.75, 3.05) is 5.75 Å². The zero-order valence-electron chi connectivity index (χ0n) is 14.5. The van der Waals surface area contributed by atoms with E-state index < -0.39 is 5.60 Å². The third-order valence-electron chi connectivity index (χ3n) is 4.80. The molecule has 0 saturated carbocycles. The molecule has 0 aliphatic carbocycles. The summed E-state index contributed by atoms with van der Waals surface area (Å²) < 4.78 is 0. The average Bonchev–Trinajstić information content (AvgIpc) is 3.18. The number of aliphatic imine (C=N–C) groups is 1. The minimum absolute atomic E-state index is 0.173. The Balaban J connectivity index is 1.66. The van der Waals surface area contributed by atoms with Gasteiger partial charge in [0, 0.05) is 12.2 Å². The Labute approximate surface area is 158 Å². The van der Waals surface area contributed by atoms with Crippen LogP contribution in [0.3, 0.4) is 0 Å². The lowest BCUT2D eigenvalue weighted by atomic mass is 9.84. The number of hydrogen-bond donors (Lipinski definition) is 1. The lowest BCUT2D eigenvalue weighted by molar-refractivity contribution is 0.0896. The van der Waals surface area contributed by atoms with Crippen LogP contribution in [0, 0.1) is 0 Å². The average molecular weight is 359 g/mol. The number of benzene rings is 3. The van der Waals surface area contributed by atoms with E-state index >= 15 is 0 Å². The van der Waals surface area contributed by atoms with E-state index in [9.17, 15) is 5.11 Å². The molecule has 130 valence electrons. The molecule has 4 rings (SSSR count). The molecule has 0 spiro atoms. The van der Waals surface area contributed by atoms with Crippen LogP contribution in [0.15, 0.2) is 96.0 Å². The van der Waals surface area contributed by atoms with Gasteiger partial charge in [0.25, 0.3) is 0 Å². The Bertz CT molecular complexity index is 838. The zero-order valence-corrected chi connectivity index (χ0v) is 15.3. The van der Waals surface area contributed by atoms with Crippen molar-refractivity contribution in [2.24, 2.45) is 4.99 Å². The summed E-state index contributed by atoms with van der Waals surface area (Å²) in [6.45, 7) is 0. The molecule has 1 aliphatic heterocycles. The van der Waals surface area contributed by atoms with Crippen LogP contribution in [0.2, 0.25) is 0 Å². The minimum Gasteiger partial charge on any atom is -0.380 e. The highest BCUT2D eigenvalue weighted by Gasteiger charge is 2.35. The molecule has 0 amide bonds. The van der Waals surface area contributed by atoms with Crippen LogP contribution in [0.5, 0.6) is 0 Å². The third kappa shape index (κ3) is 3.46. The van der Waals surface area contributed by atoms with Gasteiger partial charge in [-0.15, -0.1) is 11.8 Å². The summed E-state index contributed by atoms with van der Waals surface area (Å²) in [7, 11) is 0. The Hall–Kier alpha value is -2.36. The van der Waals surface area contributed by atoms with Crippen LogP contribution in [0.1, 0.15) is 29.2 Å². The van der Waals surface area contributed by atoms with Crippen molar-refractivity contribution in [1.29, 1.82) is 0 Å². The van der Waals surface area contributed by atoms with Gasteiger partial charge in [-0.3, -0.25) is 4.99 Å². The highest BCUT2D eigenvalue weighted by Crippen LogP contribution is 2.39. The first kappa shape index (κ1) is 17.1. The maximum absolute atomic E-state index is 11.7. The van der Waals surface area contributed by atoms with Crippen molar-refractivity contribution < 1.29 is 5.11 Å². The summed E-state index contributed by atoms with van der Waals surface area (Å²) in [5, 5.41) is 12.7. The van der Waals surface area contributed by atoms with Crippen LogP contribution in [0.4, 0.5) is 0 Å². The van der Waals surface area contributed by atoms with Gasteiger partial charge in [-0.2, -0.15) is 0 Å². The predicted molar refractivity (Wildman–Crippen MR) is 110 cm³/mol. The summed E-state index contributed by atoms with van der Waals surface area (Å²) in [4.78, 5) is 4.91. The van der Waals surface area contributed by atoms with Gasteiger partial charge >= 0.3 is 0 Å². The highest BCUT2D eigenvalue weighted by atomic mass is 32.2. The van der Waals surface area contributed by atoms with E-state index in [2.05, 4.69) is 24.3 Å². The van der Waals surface area contributed by atoms with Crippen molar-refractivity contribution in [1.82, 2.24) is 0 Å². The van der Waals surface area contributed by atoms with Gasteiger partial charge in [-0.1, -0.05) is 91.0 Å². The van der Waals surface area contributed by atoms with Gasteiger partial charge in [-0.05, 0) is 16.7 Å². The molecule has 3 aromatic rings. The predicted octanol–water partition coefficient (Wildman–Crippen LogP) is 5.20. The SMILES string of the molecule is OC(CC1=N[C@H](c2ccccc2)CS1)(c1ccccc1)c1ccccc1. The molecule has 0 saturated heterocycles. The normalized spacial score (nSPS) is 17.1. The Morgan fingerprint density at radius 2 is 1.31 bits per heavy atom. The fraction of sp³-hybridized carbons (Fsp3) is 0.174. The molecule has 1 aliphatic rings. The molecule has 1 heterocycles. The fourth-order valence-corrected chi connectivity index (χ4v) is 4.51. The second kappa shape index (κ2) is 7.48. The summed E-state index contributed by atoms with van der Waals surface area (Å²) in [5.74, 6) is 0.930. The van der Waals surface area contributed by atoms with E-state index in [-0.39, 0.29) is 6.04 Å². The Morgan fingerprint density at radius 3 is 1.85 bits per heavy atom. The monoisotopic (exact) mass is 359 g/mol. The van der Waals surface area contributed by atoms with E-state index in [0.29, 0.717) is 6.42 Å². The minimum atomic E-state index is -1.07. The van der Waals surface area contributed by atoms with Crippen molar-refractivity contribution >= 4 is 16.8 Å². The second-order valence-electron chi connectivity index (χ2n) is 6.53. The number of aliphatic hydroxyl groups is 1. The summed E-state index contributed by atoms with van der Waals surface area (Å²) in [5.41, 5.74) is 1.97. The van der Waals surface area contributed by atoms with Crippen LogP contribution in [0.25, 0.3) is 0 Å². The number of hydrogen-bond acceptors (Lipinski definition) is 3. The molecular formula is C23H21NOS. The van der Waals surface area contributed by atoms with E-state index in [1.165, 1.54) is 5.56 Å². The van der Waals surface area contributed by atoms with Crippen molar-refractivity contribution in [3.63, 3.8) is 0 Å². The molecule has 3 aromatic carbocycles. The topological polar surface area (TPSA) is 32.6 Å². The molecule has 3 heteroatoms. The molecule has 0 bridgehead atoms. The van der Waals surface area contributed by atoms with Crippen LogP contribution < -0.4 is 0 Å². The molecule has 2 nitrogen and oxygen atoms in total. The lowest BCUT2D eigenvalue weighted by Gasteiger charge is -2.29. The molecule has 1 atom stereocenters. The summed E-state index contributed by atoms with van der Waals surface area (Å²) in [6, 6.07) is 30.3. The third-order valence-corrected chi connectivity index (χ3v) is 5.87. The first-order valence-electron chi connectivity index (χ1n) is 8.83. The first-order valence-corrected chi connectivity index (χ1v) is 9.82. The molecular weight excluding hydrogens is 338 g/mol. The van der Waals surface area contributed by atoms with E-state index in [0.717, 1.165) is 21.9 Å². The maximum Gasteiger partial charge on any atom is 0.121 e. The van der Waals surface area contributed by atoms with Crippen LogP contribution >= 0.6 is 11.8 Å². The molecule has 0 radical (unpaired) electrons. The number of nitrogens with zero attached hydrogens (tertiary/aromatic N) is 1. The van der Waals surface area contributed by atoms with Gasteiger partial charge in [0.05, 0.1) is 11.1 Å². The van der Waals surface area contributed by atoms with Gasteiger partial charge < -0.3 is 5.11 Å². The smallest absolute Gasteiger partial charge is 0.121 e. The van der Waals surface area contributed by atoms with Gasteiger partial charge in [0.15, 0.2) is 0 Å². The van der Waals surface area contributed by atoms with E-state index in [1.54, 1.807) is 11.8 Å². The molecule has 0 fully saturated rings. The quantitative estimate of drug-likeness (QED) is 0.679. The van der Waals surface area contributed by atoms with Crippen molar-refractivity contribution in [2.45, 2.75) is 18.1 Å². The molecule has 0 unspecified atom stereocenters. The maximum atomic E-state index is 11.7. The van der Waals surface area contributed by atoms with Gasteiger partial charge in [0.2, 0.25) is 0 Å². The first-order chi connectivity index (χ1) is 12.8. The Morgan fingerprint density at radius 1 is 0.808 bits per heavy atom. The van der Waals surface area contributed by atoms with Crippen LogP contribution in [-0.4, -0.2) is 15.9 Å². The number of rotatable bonds is 5. The Kier molecular flexibility index (Phi) is 4.91. The molecule has 26 heavy (non-hydrogen) atoms. The largest absolute Gasteiger partial charge is 0.380 e. The van der Waals surface area contributed by atoms with Crippen molar-refractivity contribution in [3.05, 3.63) is 108 Å². The van der Waals surface area contributed by atoms with Gasteiger partial charge in [-0.25, -0.2) is 0 Å². The number of thioether (sulfide) groups is 1. The fourth-order valence-electron chi connectivity index (χ4n) is 3.38. The van der Waals surface area contributed by atoms with Crippen LogP contribution in [-0.2, 0) is 5.60 Å². The molecule has 1 N–H and O–H groups in total. The summed E-state index contributed by atoms with van der Waals surface area (Å²) in [6.07, 6.45) is 0.495. The second-order valence-corrected chi connectivity index (χ2v) is 7.62. The lowest BCUT2D eigenvalue weighted by Crippen LogP contribution is -2.29. The van der Waals surface area contributed by atoms with Gasteiger partial charge in [0.1, 0.15) is 5.60 Å². The molecule has 0 aromatic heterocycles. The van der Waals surface area contributed by atoms with E-state index in [1.807, 2.05) is 66.7 Å². The van der Waals surface area contributed by atoms with E-state index in [4.69, 9.17) is 4.99 Å². The summed E-state index contributed by atoms with van der Waals surface area (Å²) >= 11 is 1.75. The standard InChI is InChI=1S/C23H21NOS/c25-23(19-12-6-2-7-13-19,20-14-8-3-9-15-20)16-22-24-21(17-26-22)18-10-4-1-5-11-18/h1-15,21,25H,16-17H2/t21-/m0/s1. The highest BCUT2D eigenvalue weighted by molar-refractivity contribution is 8.14. The zero-order chi connectivity index (χ0) is 17.8.